The quantitative estimate of drug-likeness (QED) is 0.815. The Morgan fingerprint density at radius 3 is 2.70 bits per heavy atom. The summed E-state index contributed by atoms with van der Waals surface area (Å²) in [6.45, 7) is 8.07. The van der Waals surface area contributed by atoms with Crippen LogP contribution < -0.4 is 5.32 Å². The van der Waals surface area contributed by atoms with Gasteiger partial charge in [0.15, 0.2) is 0 Å². The van der Waals surface area contributed by atoms with E-state index >= 15 is 0 Å². The molecule has 0 bridgehead atoms. The van der Waals surface area contributed by atoms with Crippen LogP contribution in [0.2, 0.25) is 0 Å². The van der Waals surface area contributed by atoms with Crippen LogP contribution in [0.3, 0.4) is 0 Å². The van der Waals surface area contributed by atoms with Gasteiger partial charge >= 0.3 is 0 Å². The number of nitrogens with one attached hydrogen (secondary N) is 1. The second kappa shape index (κ2) is 6.37. The molecule has 4 heteroatoms. The lowest BCUT2D eigenvalue weighted by molar-refractivity contribution is 0.158. The molecule has 1 unspecified atom stereocenters. The summed E-state index contributed by atoms with van der Waals surface area (Å²) in [6, 6.07) is 8.19. The van der Waals surface area contributed by atoms with Gasteiger partial charge in [-0.3, -0.25) is 0 Å². The average Bonchev–Trinajstić information content (AvgIpc) is 2.83. The van der Waals surface area contributed by atoms with Crippen LogP contribution in [-0.2, 0) is 13.0 Å². The molecule has 1 aromatic carbocycles. The fourth-order valence-corrected chi connectivity index (χ4v) is 2.51. The molecule has 20 heavy (non-hydrogen) atoms. The number of benzene rings is 1. The number of aryl methyl sites for hydroxylation is 1. The molecule has 2 rings (SSSR count). The topological polar surface area (TPSA) is 50.1 Å². The van der Waals surface area contributed by atoms with Gasteiger partial charge < -0.3 is 15.0 Å². The zero-order valence-electron chi connectivity index (χ0n) is 12.7. The Balaban J connectivity index is 2.36. The van der Waals surface area contributed by atoms with E-state index in [4.69, 9.17) is 0 Å². The van der Waals surface area contributed by atoms with Gasteiger partial charge in [0.05, 0.1) is 23.2 Å². The maximum Gasteiger partial charge on any atom is 0.109 e. The first-order valence-corrected chi connectivity index (χ1v) is 7.43. The molecule has 0 aliphatic rings. The number of rotatable bonds is 7. The zero-order chi connectivity index (χ0) is 14.6. The highest BCUT2D eigenvalue weighted by Crippen LogP contribution is 2.19. The van der Waals surface area contributed by atoms with Gasteiger partial charge in [-0.05, 0) is 32.0 Å². The maximum atomic E-state index is 9.75. The van der Waals surface area contributed by atoms with E-state index in [1.165, 1.54) is 0 Å². The molecule has 110 valence electrons. The van der Waals surface area contributed by atoms with Crippen molar-refractivity contribution in [2.75, 3.05) is 13.2 Å². The molecule has 1 heterocycles. The largest absolute Gasteiger partial charge is 0.394 e. The average molecular weight is 275 g/mol. The molecule has 4 nitrogen and oxygen atoms in total. The summed E-state index contributed by atoms with van der Waals surface area (Å²) in [7, 11) is 0. The lowest BCUT2D eigenvalue weighted by Crippen LogP contribution is -2.49. The highest BCUT2D eigenvalue weighted by Gasteiger charge is 2.25. The Bertz CT molecular complexity index is 564. The number of hydrogen-bond donors (Lipinski definition) is 2. The van der Waals surface area contributed by atoms with Crippen LogP contribution in [0.1, 0.15) is 33.0 Å². The molecule has 0 saturated carbocycles. The van der Waals surface area contributed by atoms with E-state index < -0.39 is 0 Å². The lowest BCUT2D eigenvalue weighted by Gasteiger charge is -2.30. The van der Waals surface area contributed by atoms with Crippen molar-refractivity contribution in [3.8, 4) is 0 Å². The fraction of sp³-hybridized carbons (Fsp3) is 0.562. The highest BCUT2D eigenvalue weighted by atomic mass is 16.3. The Hall–Kier alpha value is -1.39. The van der Waals surface area contributed by atoms with Crippen LogP contribution in [0.5, 0.6) is 0 Å². The summed E-state index contributed by atoms with van der Waals surface area (Å²) in [5, 5.41) is 13.2. The number of imidazole rings is 1. The second-order valence-electron chi connectivity index (χ2n) is 5.60. The molecule has 0 aliphatic carbocycles. The van der Waals surface area contributed by atoms with E-state index in [9.17, 15) is 5.11 Å². The van der Waals surface area contributed by atoms with Gasteiger partial charge in [-0.25, -0.2) is 4.98 Å². The number of hydrogen-bond acceptors (Lipinski definition) is 3. The third-order valence-electron chi connectivity index (χ3n) is 3.71. The normalized spacial score (nSPS) is 14.6. The van der Waals surface area contributed by atoms with Crippen LogP contribution >= 0.6 is 0 Å². The Morgan fingerprint density at radius 1 is 1.30 bits per heavy atom. The number of fused-ring (bicyclic) bond motifs is 1. The smallest absolute Gasteiger partial charge is 0.109 e. The van der Waals surface area contributed by atoms with Crippen LogP contribution in [0.15, 0.2) is 24.3 Å². The van der Waals surface area contributed by atoms with Crippen LogP contribution in [0.4, 0.5) is 0 Å². The molecule has 1 atom stereocenters. The van der Waals surface area contributed by atoms with E-state index in [1.54, 1.807) is 0 Å². The molecular formula is C16H25N3O. The van der Waals surface area contributed by atoms with Gasteiger partial charge in [0, 0.05) is 13.0 Å². The van der Waals surface area contributed by atoms with Gasteiger partial charge in [-0.1, -0.05) is 26.0 Å². The van der Waals surface area contributed by atoms with E-state index in [-0.39, 0.29) is 12.1 Å². The standard InChI is InChI=1S/C16H25N3O/c1-4-10-17-16(3,12-20)11-19-14-9-7-6-8-13(14)18-15(19)5-2/h6-9,17,20H,4-5,10-12H2,1-3H3. The molecule has 0 fully saturated rings. The Kier molecular flexibility index (Phi) is 4.78. The van der Waals surface area contributed by atoms with Crippen molar-refractivity contribution < 1.29 is 5.11 Å². The van der Waals surface area contributed by atoms with E-state index in [2.05, 4.69) is 41.7 Å². The van der Waals surface area contributed by atoms with Crippen molar-refractivity contribution in [1.29, 1.82) is 0 Å². The van der Waals surface area contributed by atoms with Crippen molar-refractivity contribution in [3.63, 3.8) is 0 Å². The SMILES string of the molecule is CCCNC(C)(CO)Cn1c(CC)nc2ccccc21. The van der Waals surface area contributed by atoms with E-state index in [0.29, 0.717) is 0 Å². The van der Waals surface area contributed by atoms with Crippen molar-refractivity contribution in [2.45, 2.75) is 45.7 Å². The number of aromatic nitrogens is 2. The Morgan fingerprint density at radius 2 is 2.05 bits per heavy atom. The summed E-state index contributed by atoms with van der Waals surface area (Å²) >= 11 is 0. The molecule has 2 N–H and O–H groups in total. The highest BCUT2D eigenvalue weighted by molar-refractivity contribution is 5.75. The lowest BCUT2D eigenvalue weighted by atomic mass is 10.0. The molecule has 0 radical (unpaired) electrons. The number of aliphatic hydroxyl groups excluding tert-OH is 1. The van der Waals surface area contributed by atoms with E-state index in [0.717, 1.165) is 42.8 Å². The minimum atomic E-state index is -0.316. The molecule has 0 spiro atoms. The first-order chi connectivity index (χ1) is 9.63. The van der Waals surface area contributed by atoms with Crippen LogP contribution in [-0.4, -0.2) is 33.3 Å². The third kappa shape index (κ3) is 3.02. The molecule has 0 saturated heterocycles. The van der Waals surface area contributed by atoms with Crippen molar-refractivity contribution in [2.24, 2.45) is 0 Å². The molecule has 0 aliphatic heterocycles. The fourth-order valence-electron chi connectivity index (χ4n) is 2.51. The van der Waals surface area contributed by atoms with Gasteiger partial charge in [-0.2, -0.15) is 0 Å². The summed E-state index contributed by atoms with van der Waals surface area (Å²) in [5.41, 5.74) is 1.85. The molecule has 0 amide bonds. The van der Waals surface area contributed by atoms with Gasteiger partial charge in [-0.15, -0.1) is 0 Å². The summed E-state index contributed by atoms with van der Waals surface area (Å²) in [6.07, 6.45) is 1.95. The summed E-state index contributed by atoms with van der Waals surface area (Å²) < 4.78 is 2.23. The monoisotopic (exact) mass is 275 g/mol. The number of para-hydroxylation sites is 2. The number of aliphatic hydroxyl groups is 1. The third-order valence-corrected chi connectivity index (χ3v) is 3.71. The number of nitrogens with zero attached hydrogens (tertiary/aromatic N) is 2. The minimum Gasteiger partial charge on any atom is -0.394 e. The minimum absolute atomic E-state index is 0.114. The maximum absolute atomic E-state index is 9.75. The van der Waals surface area contributed by atoms with Gasteiger partial charge in [0.25, 0.3) is 0 Å². The van der Waals surface area contributed by atoms with Crippen molar-refractivity contribution in [3.05, 3.63) is 30.1 Å². The second-order valence-corrected chi connectivity index (χ2v) is 5.60. The molecule has 2 aromatic rings. The first kappa shape index (κ1) is 15.0. The predicted octanol–water partition coefficient (Wildman–Crippen LogP) is 2.35. The van der Waals surface area contributed by atoms with Gasteiger partial charge in [0.1, 0.15) is 5.82 Å². The Labute approximate surface area is 120 Å². The van der Waals surface area contributed by atoms with Crippen molar-refractivity contribution >= 4 is 11.0 Å². The summed E-state index contributed by atoms with van der Waals surface area (Å²) in [5.74, 6) is 1.07. The van der Waals surface area contributed by atoms with Crippen molar-refractivity contribution in [1.82, 2.24) is 14.9 Å². The van der Waals surface area contributed by atoms with Crippen LogP contribution in [0, 0.1) is 0 Å². The van der Waals surface area contributed by atoms with E-state index in [1.807, 2.05) is 18.2 Å². The molecular weight excluding hydrogens is 250 g/mol. The van der Waals surface area contributed by atoms with Gasteiger partial charge in [0.2, 0.25) is 0 Å². The van der Waals surface area contributed by atoms with Crippen LogP contribution in [0.25, 0.3) is 11.0 Å². The zero-order valence-corrected chi connectivity index (χ0v) is 12.7. The first-order valence-electron chi connectivity index (χ1n) is 7.43. The summed E-state index contributed by atoms with van der Waals surface area (Å²) in [4.78, 5) is 4.68. The molecule has 1 aromatic heterocycles. The predicted molar refractivity (Wildman–Crippen MR) is 82.9 cm³/mol.